The molecule has 0 fully saturated rings. The second-order valence-corrected chi connectivity index (χ2v) is 3.34. The van der Waals surface area contributed by atoms with Gasteiger partial charge in [-0.25, -0.2) is 0 Å². The van der Waals surface area contributed by atoms with Crippen LogP contribution in [-0.4, -0.2) is 11.8 Å². The Bertz CT molecular complexity index is 440. The Balaban J connectivity index is 3.05. The number of hydrogen-bond donors (Lipinski definition) is 0. The van der Waals surface area contributed by atoms with Gasteiger partial charge < -0.3 is 0 Å². The third-order valence-corrected chi connectivity index (χ3v) is 2.10. The maximum absolute atomic E-state index is 11.1. The van der Waals surface area contributed by atoms with Crippen molar-refractivity contribution in [1.29, 1.82) is 0 Å². The van der Waals surface area contributed by atoms with Crippen molar-refractivity contribution < 1.29 is 9.59 Å². The third-order valence-electron chi connectivity index (χ3n) is 2.10. The molecule has 8 heteroatoms. The first-order chi connectivity index (χ1) is 8.51. The molecule has 1 rings (SSSR count). The van der Waals surface area contributed by atoms with Gasteiger partial charge in [-0.3, -0.25) is 9.59 Å². The van der Waals surface area contributed by atoms with Crippen molar-refractivity contribution in [2.45, 2.75) is 13.8 Å². The van der Waals surface area contributed by atoms with Crippen LogP contribution in [0, 0.1) is 9.81 Å². The van der Waals surface area contributed by atoms with Crippen LogP contribution in [0.1, 0.15) is 13.8 Å². The van der Waals surface area contributed by atoms with E-state index in [-0.39, 0.29) is 11.4 Å². The van der Waals surface area contributed by atoms with Gasteiger partial charge in [-0.2, -0.15) is 10.0 Å². The second kappa shape index (κ2) is 5.62. The highest BCUT2D eigenvalue weighted by Crippen LogP contribution is 2.21. The highest BCUT2D eigenvalue weighted by molar-refractivity contribution is 5.93. The van der Waals surface area contributed by atoms with Gasteiger partial charge in [0, 0.05) is 13.8 Å². The Morgan fingerprint density at radius 2 is 1.11 bits per heavy atom. The largest absolute Gasteiger partial charge is 0.273 e. The topological polar surface area (TPSA) is 99.5 Å². The maximum atomic E-state index is 11.1. The number of rotatable bonds is 4. The summed E-state index contributed by atoms with van der Waals surface area (Å²) in [7, 11) is 0. The zero-order valence-corrected chi connectivity index (χ0v) is 9.73. The van der Waals surface area contributed by atoms with Crippen LogP contribution in [0.4, 0.5) is 11.4 Å². The lowest BCUT2D eigenvalue weighted by atomic mass is 10.2. The molecule has 1 aromatic rings. The van der Waals surface area contributed by atoms with Crippen molar-refractivity contribution in [3.8, 4) is 0 Å². The van der Waals surface area contributed by atoms with Gasteiger partial charge in [0.15, 0.2) is 0 Å². The fraction of sp³-hybridized carbons (Fsp3) is 0.200. The van der Waals surface area contributed by atoms with Crippen LogP contribution in [0.2, 0.25) is 0 Å². The van der Waals surface area contributed by atoms with Crippen LogP contribution >= 0.6 is 0 Å². The van der Waals surface area contributed by atoms with E-state index in [0.717, 1.165) is 0 Å². The standard InChI is InChI=1S/C10H10N4O4/c1-7(15)13(11-17)9-3-5-10(6-4-9)14(12-18)8(2)16/h3-6H,1-2H3. The SMILES string of the molecule is CC(=O)N(N=O)c1ccc(N(N=O)C(C)=O)cc1. The van der Waals surface area contributed by atoms with E-state index in [1.165, 1.54) is 38.1 Å². The van der Waals surface area contributed by atoms with Crippen molar-refractivity contribution >= 4 is 23.2 Å². The number of nitrogens with zero attached hydrogens (tertiary/aromatic N) is 4. The monoisotopic (exact) mass is 250 g/mol. The van der Waals surface area contributed by atoms with Crippen molar-refractivity contribution in [2.75, 3.05) is 10.0 Å². The van der Waals surface area contributed by atoms with Crippen molar-refractivity contribution in [1.82, 2.24) is 0 Å². The summed E-state index contributed by atoms with van der Waals surface area (Å²) >= 11 is 0. The van der Waals surface area contributed by atoms with Gasteiger partial charge >= 0.3 is 0 Å². The first kappa shape index (κ1) is 13.4. The van der Waals surface area contributed by atoms with Crippen molar-refractivity contribution in [3.63, 3.8) is 0 Å². The van der Waals surface area contributed by atoms with Crippen LogP contribution in [-0.2, 0) is 9.59 Å². The number of nitroso groups, excluding NO2 is 2. The predicted octanol–water partition coefficient (Wildman–Crippen LogP) is 1.76. The normalized spacial score (nSPS) is 9.44. The van der Waals surface area contributed by atoms with Crippen LogP contribution in [0.5, 0.6) is 0 Å². The molecule has 0 aliphatic heterocycles. The molecule has 0 saturated heterocycles. The fourth-order valence-corrected chi connectivity index (χ4v) is 1.31. The van der Waals surface area contributed by atoms with Gasteiger partial charge in [0.25, 0.3) is 0 Å². The number of anilines is 2. The number of benzene rings is 1. The first-order valence-electron chi connectivity index (χ1n) is 4.89. The van der Waals surface area contributed by atoms with E-state index >= 15 is 0 Å². The van der Waals surface area contributed by atoms with Crippen molar-refractivity contribution in [3.05, 3.63) is 34.1 Å². The van der Waals surface area contributed by atoms with Crippen LogP contribution in [0.25, 0.3) is 0 Å². The highest BCUT2D eigenvalue weighted by Gasteiger charge is 2.15. The van der Waals surface area contributed by atoms with E-state index < -0.39 is 11.8 Å². The molecule has 2 amide bonds. The van der Waals surface area contributed by atoms with Crippen molar-refractivity contribution in [2.24, 2.45) is 10.6 Å². The molecule has 0 saturated carbocycles. The van der Waals surface area contributed by atoms with E-state index in [9.17, 15) is 19.4 Å². The third kappa shape index (κ3) is 2.73. The Morgan fingerprint density at radius 1 is 0.833 bits per heavy atom. The smallest absolute Gasteiger partial charge is 0.246 e. The summed E-state index contributed by atoms with van der Waals surface area (Å²) in [6.07, 6.45) is 0. The highest BCUT2D eigenvalue weighted by atomic mass is 16.3. The predicted molar refractivity (Wildman–Crippen MR) is 64.4 cm³/mol. The second-order valence-electron chi connectivity index (χ2n) is 3.34. The summed E-state index contributed by atoms with van der Waals surface area (Å²) in [6, 6.07) is 5.50. The van der Waals surface area contributed by atoms with Crippen LogP contribution in [0.3, 0.4) is 0 Å². The molecule has 8 nitrogen and oxygen atoms in total. The first-order valence-corrected chi connectivity index (χ1v) is 4.89. The van der Waals surface area contributed by atoms with Gasteiger partial charge in [-0.1, -0.05) is 0 Å². The van der Waals surface area contributed by atoms with Gasteiger partial charge in [0.05, 0.1) is 21.9 Å². The fourth-order valence-electron chi connectivity index (χ4n) is 1.31. The summed E-state index contributed by atoms with van der Waals surface area (Å²) in [6.45, 7) is 2.37. The Morgan fingerprint density at radius 3 is 1.28 bits per heavy atom. The number of hydrogen-bond acceptors (Lipinski definition) is 6. The van der Waals surface area contributed by atoms with Gasteiger partial charge in [0.1, 0.15) is 0 Å². The summed E-state index contributed by atoms with van der Waals surface area (Å²) in [5, 5.41) is 6.41. The molecule has 0 aliphatic carbocycles. The van der Waals surface area contributed by atoms with Crippen LogP contribution in [0.15, 0.2) is 34.8 Å². The maximum Gasteiger partial charge on any atom is 0.246 e. The lowest BCUT2D eigenvalue weighted by Crippen LogP contribution is -2.22. The molecule has 1 aromatic carbocycles. The minimum absolute atomic E-state index is 0.232. The van der Waals surface area contributed by atoms with Gasteiger partial charge in [-0.15, -0.1) is 9.81 Å². The quantitative estimate of drug-likeness (QED) is 0.600. The minimum atomic E-state index is -0.547. The lowest BCUT2D eigenvalue weighted by Gasteiger charge is -2.13. The molecule has 0 radical (unpaired) electrons. The molecular weight excluding hydrogens is 240 g/mol. The van der Waals surface area contributed by atoms with E-state index in [0.29, 0.717) is 10.0 Å². The summed E-state index contributed by atoms with van der Waals surface area (Å²) in [4.78, 5) is 43.0. The van der Waals surface area contributed by atoms with E-state index in [1.807, 2.05) is 0 Å². The zero-order valence-electron chi connectivity index (χ0n) is 9.73. The molecule has 94 valence electrons. The Labute approximate surface area is 102 Å². The summed E-state index contributed by atoms with van der Waals surface area (Å²) in [5.74, 6) is -1.09. The molecule has 18 heavy (non-hydrogen) atoms. The zero-order chi connectivity index (χ0) is 13.7. The molecule has 0 spiro atoms. The molecule has 0 aromatic heterocycles. The molecule has 0 aliphatic rings. The molecule has 0 bridgehead atoms. The molecule has 0 N–H and O–H groups in total. The van der Waals surface area contributed by atoms with Crippen LogP contribution < -0.4 is 10.0 Å². The number of carbonyl (C=O) groups is 2. The average Bonchev–Trinajstić information content (AvgIpc) is 2.32. The average molecular weight is 250 g/mol. The van der Waals surface area contributed by atoms with Gasteiger partial charge in [-0.05, 0) is 24.3 Å². The molecular formula is C10H10N4O4. The van der Waals surface area contributed by atoms with E-state index in [2.05, 4.69) is 10.6 Å². The molecule has 0 atom stereocenters. The molecule has 0 heterocycles. The van der Waals surface area contributed by atoms with Gasteiger partial charge in [0.2, 0.25) is 11.8 Å². The number of carbonyl (C=O) groups excluding carboxylic acids is 2. The Kier molecular flexibility index (Phi) is 4.19. The number of amides is 2. The minimum Gasteiger partial charge on any atom is -0.273 e. The Hall–Kier alpha value is -2.64. The summed E-state index contributed by atoms with van der Waals surface area (Å²) in [5.41, 5.74) is 0.464. The lowest BCUT2D eigenvalue weighted by molar-refractivity contribution is -0.117. The summed E-state index contributed by atoms with van der Waals surface area (Å²) < 4.78 is 0. The van der Waals surface area contributed by atoms with E-state index in [1.54, 1.807) is 0 Å². The van der Waals surface area contributed by atoms with E-state index in [4.69, 9.17) is 0 Å². The molecule has 0 unspecified atom stereocenters.